The third kappa shape index (κ3) is 2.12. The minimum atomic E-state index is -0.182. The van der Waals surface area contributed by atoms with Crippen LogP contribution in [-0.2, 0) is 7.05 Å². The van der Waals surface area contributed by atoms with Crippen LogP contribution in [0, 0.1) is 16.7 Å². The van der Waals surface area contributed by atoms with Crippen LogP contribution in [0.5, 0.6) is 17.2 Å². The molecule has 0 saturated carbocycles. The van der Waals surface area contributed by atoms with Gasteiger partial charge in [-0.1, -0.05) is 0 Å². The number of hydrogen-bond donors (Lipinski definition) is 1. The number of rotatable bonds is 2. The van der Waals surface area contributed by atoms with Gasteiger partial charge < -0.3 is 23.2 Å². The van der Waals surface area contributed by atoms with E-state index in [9.17, 15) is 5.26 Å². The Balaban J connectivity index is 1.93. The minimum Gasteiger partial charge on any atom is -0.493 e. The quantitative estimate of drug-likeness (QED) is 0.578. The molecule has 1 aliphatic heterocycles. The lowest BCUT2D eigenvalue weighted by Gasteiger charge is -2.12. The fourth-order valence-corrected chi connectivity index (χ4v) is 3.71. The maximum absolute atomic E-state index is 9.74. The van der Waals surface area contributed by atoms with Gasteiger partial charge in [-0.3, -0.25) is 5.41 Å². The maximum atomic E-state index is 9.74. The largest absolute Gasteiger partial charge is 0.493 e. The first-order valence-electron chi connectivity index (χ1n) is 8.60. The smallest absolute Gasteiger partial charge is 0.231 e. The number of benzene rings is 2. The van der Waals surface area contributed by atoms with E-state index in [-0.39, 0.29) is 17.9 Å². The maximum Gasteiger partial charge on any atom is 0.231 e. The average molecular weight is 373 g/mol. The summed E-state index contributed by atoms with van der Waals surface area (Å²) in [4.78, 5) is 0. The summed E-state index contributed by atoms with van der Waals surface area (Å²) >= 11 is 0. The van der Waals surface area contributed by atoms with Crippen LogP contribution < -0.4 is 19.8 Å². The molecule has 2 aromatic carbocycles. The van der Waals surface area contributed by atoms with Crippen LogP contribution in [0.1, 0.15) is 5.56 Å². The van der Waals surface area contributed by atoms with Crippen molar-refractivity contribution in [2.75, 3.05) is 13.9 Å². The molecular formula is C21H15N3O4. The molecule has 0 radical (unpaired) electrons. The molecular weight excluding hydrogens is 358 g/mol. The van der Waals surface area contributed by atoms with Crippen molar-refractivity contribution in [2.45, 2.75) is 0 Å². The highest BCUT2D eigenvalue weighted by atomic mass is 16.7. The lowest BCUT2D eigenvalue weighted by Crippen LogP contribution is -2.07. The number of aryl methyl sites for hydroxylation is 1. The van der Waals surface area contributed by atoms with E-state index in [1.54, 1.807) is 19.2 Å². The summed E-state index contributed by atoms with van der Waals surface area (Å²) in [5.74, 6) is 1.58. The van der Waals surface area contributed by atoms with E-state index in [0.29, 0.717) is 34.0 Å². The molecule has 1 N–H and O–H groups in total. The molecule has 7 nitrogen and oxygen atoms in total. The molecule has 3 heterocycles. The van der Waals surface area contributed by atoms with Gasteiger partial charge in [-0.05, 0) is 35.9 Å². The SMILES string of the molecule is COc1cc(-c2c(C#N)c(=N)oc3c2ccc2c3ccn2C)cc2c1OCO2. The molecule has 1 aliphatic rings. The zero-order valence-electron chi connectivity index (χ0n) is 15.2. The van der Waals surface area contributed by atoms with E-state index in [0.717, 1.165) is 16.3 Å². The molecule has 28 heavy (non-hydrogen) atoms. The Labute approximate surface area is 159 Å². The Kier molecular flexibility index (Phi) is 3.36. The van der Waals surface area contributed by atoms with Crippen molar-refractivity contribution >= 4 is 21.9 Å². The summed E-state index contributed by atoms with van der Waals surface area (Å²) in [7, 11) is 3.50. The van der Waals surface area contributed by atoms with Gasteiger partial charge in [0.05, 0.1) is 12.6 Å². The van der Waals surface area contributed by atoms with Crippen molar-refractivity contribution in [3.05, 3.63) is 47.6 Å². The second-order valence-electron chi connectivity index (χ2n) is 6.51. The second-order valence-corrected chi connectivity index (χ2v) is 6.51. The van der Waals surface area contributed by atoms with Crippen LogP contribution in [-0.4, -0.2) is 18.5 Å². The van der Waals surface area contributed by atoms with Crippen molar-refractivity contribution < 1.29 is 18.6 Å². The average Bonchev–Trinajstić information content (AvgIpc) is 3.33. The zero-order chi connectivity index (χ0) is 19.4. The third-order valence-corrected chi connectivity index (χ3v) is 5.03. The third-order valence-electron chi connectivity index (χ3n) is 5.03. The lowest BCUT2D eigenvalue weighted by molar-refractivity contribution is 0.171. The highest BCUT2D eigenvalue weighted by Gasteiger charge is 2.24. The summed E-state index contributed by atoms with van der Waals surface area (Å²) in [5.41, 5.74) is 2.82. The molecule has 2 aromatic heterocycles. The van der Waals surface area contributed by atoms with Crippen molar-refractivity contribution in [3.8, 4) is 34.4 Å². The fraction of sp³-hybridized carbons (Fsp3) is 0.143. The fourth-order valence-electron chi connectivity index (χ4n) is 3.71. The van der Waals surface area contributed by atoms with Crippen LogP contribution in [0.2, 0.25) is 0 Å². The van der Waals surface area contributed by atoms with Crippen LogP contribution >= 0.6 is 0 Å². The Morgan fingerprint density at radius 1 is 1.18 bits per heavy atom. The number of ether oxygens (including phenoxy) is 3. The molecule has 4 aromatic rings. The molecule has 0 atom stereocenters. The van der Waals surface area contributed by atoms with Gasteiger partial charge in [0.15, 0.2) is 11.5 Å². The Hall–Kier alpha value is -3.92. The van der Waals surface area contributed by atoms with E-state index < -0.39 is 0 Å². The summed E-state index contributed by atoms with van der Waals surface area (Å²) in [6.45, 7) is 0.111. The van der Waals surface area contributed by atoms with Gasteiger partial charge in [-0.2, -0.15) is 5.26 Å². The number of methoxy groups -OCH3 is 1. The first-order valence-corrected chi connectivity index (χ1v) is 8.60. The highest BCUT2D eigenvalue weighted by Crippen LogP contribution is 2.46. The normalized spacial score (nSPS) is 12.5. The van der Waals surface area contributed by atoms with Gasteiger partial charge in [0.2, 0.25) is 18.1 Å². The standard InChI is InChI=1S/C21H15N3O4/c1-24-6-5-12-15(24)4-3-13-18(14(9-22)21(23)28-19(12)13)11-7-16(25-2)20-17(8-11)26-10-27-20/h3-8,23H,10H2,1-2H3. The summed E-state index contributed by atoms with van der Waals surface area (Å²) in [6.07, 6.45) is 1.94. The van der Waals surface area contributed by atoms with Gasteiger partial charge in [-0.15, -0.1) is 0 Å². The number of nitrogens with zero attached hydrogens (tertiary/aromatic N) is 2. The zero-order valence-corrected chi connectivity index (χ0v) is 15.2. The number of hydrogen-bond acceptors (Lipinski definition) is 6. The van der Waals surface area contributed by atoms with Crippen molar-refractivity contribution in [3.63, 3.8) is 0 Å². The molecule has 0 fully saturated rings. The van der Waals surface area contributed by atoms with E-state index >= 15 is 0 Å². The molecule has 0 bridgehead atoms. The number of nitriles is 1. The van der Waals surface area contributed by atoms with Crippen molar-refractivity contribution in [1.82, 2.24) is 4.57 Å². The van der Waals surface area contributed by atoms with Gasteiger partial charge in [0.1, 0.15) is 17.2 Å². The number of aromatic nitrogens is 1. The lowest BCUT2D eigenvalue weighted by atomic mass is 9.96. The minimum absolute atomic E-state index is 0.111. The molecule has 7 heteroatoms. The predicted molar refractivity (Wildman–Crippen MR) is 101 cm³/mol. The van der Waals surface area contributed by atoms with E-state index in [1.165, 1.54) is 0 Å². The van der Waals surface area contributed by atoms with Gasteiger partial charge in [-0.25, -0.2) is 0 Å². The Morgan fingerprint density at radius 3 is 2.82 bits per heavy atom. The van der Waals surface area contributed by atoms with Crippen LogP contribution in [0.3, 0.4) is 0 Å². The molecule has 0 aliphatic carbocycles. The molecule has 5 rings (SSSR count). The van der Waals surface area contributed by atoms with Gasteiger partial charge in [0, 0.05) is 29.6 Å². The monoisotopic (exact) mass is 373 g/mol. The topological polar surface area (TPSA) is 93.4 Å². The molecule has 0 amide bonds. The summed E-state index contributed by atoms with van der Waals surface area (Å²) in [5, 5.41) is 19.7. The number of fused-ring (bicyclic) bond motifs is 4. The van der Waals surface area contributed by atoms with Crippen molar-refractivity contribution in [2.24, 2.45) is 7.05 Å². The Bertz CT molecular complexity index is 1370. The highest BCUT2D eigenvalue weighted by molar-refractivity contribution is 6.09. The van der Waals surface area contributed by atoms with E-state index in [1.807, 2.05) is 36.0 Å². The molecule has 0 spiro atoms. The Morgan fingerprint density at radius 2 is 2.04 bits per heavy atom. The van der Waals surface area contributed by atoms with Crippen LogP contribution in [0.4, 0.5) is 0 Å². The van der Waals surface area contributed by atoms with Crippen molar-refractivity contribution in [1.29, 1.82) is 10.7 Å². The van der Waals surface area contributed by atoms with Gasteiger partial charge >= 0.3 is 0 Å². The van der Waals surface area contributed by atoms with E-state index in [4.69, 9.17) is 24.0 Å². The summed E-state index contributed by atoms with van der Waals surface area (Å²) < 4.78 is 24.2. The predicted octanol–water partition coefficient (Wildman–Crippen LogP) is 3.68. The van der Waals surface area contributed by atoms with Gasteiger partial charge in [0.25, 0.3) is 0 Å². The van der Waals surface area contributed by atoms with E-state index in [2.05, 4.69) is 6.07 Å². The number of nitrogens with one attached hydrogen (secondary N) is 1. The second kappa shape index (κ2) is 5.79. The van der Waals surface area contributed by atoms with Crippen LogP contribution in [0.15, 0.2) is 40.9 Å². The summed E-state index contributed by atoms with van der Waals surface area (Å²) in [6, 6.07) is 11.5. The molecule has 138 valence electrons. The molecule has 0 saturated heterocycles. The molecule has 0 unspecified atom stereocenters. The first-order chi connectivity index (χ1) is 13.6. The first kappa shape index (κ1) is 16.3. The van der Waals surface area contributed by atoms with Crippen LogP contribution in [0.25, 0.3) is 33.0 Å².